The zero-order valence-corrected chi connectivity index (χ0v) is 22.1. The SMILES string of the molecule is COc1ccccc1-c1nnc(SCC(O)COc2ccc3ccc(=O)oc3c2)nc1-c1ccccc1OC. The van der Waals surface area contributed by atoms with E-state index in [1.54, 1.807) is 38.5 Å². The van der Waals surface area contributed by atoms with E-state index in [0.717, 1.165) is 16.5 Å². The van der Waals surface area contributed by atoms with Crippen molar-refractivity contribution < 1.29 is 23.7 Å². The minimum atomic E-state index is -0.819. The molecule has 0 amide bonds. The summed E-state index contributed by atoms with van der Waals surface area (Å²) in [5, 5.41) is 20.6. The van der Waals surface area contributed by atoms with Gasteiger partial charge >= 0.3 is 5.63 Å². The molecule has 0 saturated heterocycles. The first-order valence-electron chi connectivity index (χ1n) is 12.0. The highest BCUT2D eigenvalue weighted by molar-refractivity contribution is 7.99. The van der Waals surface area contributed by atoms with Gasteiger partial charge in [-0.15, -0.1) is 10.2 Å². The molecule has 1 unspecified atom stereocenters. The Bertz CT molecular complexity index is 1660. The minimum Gasteiger partial charge on any atom is -0.496 e. The van der Waals surface area contributed by atoms with Crippen LogP contribution >= 0.6 is 11.8 Å². The van der Waals surface area contributed by atoms with E-state index in [2.05, 4.69) is 10.2 Å². The number of rotatable bonds is 10. The van der Waals surface area contributed by atoms with Crippen molar-refractivity contribution in [1.82, 2.24) is 15.2 Å². The van der Waals surface area contributed by atoms with Gasteiger partial charge in [-0.3, -0.25) is 0 Å². The van der Waals surface area contributed by atoms with Gasteiger partial charge < -0.3 is 23.7 Å². The summed E-state index contributed by atoms with van der Waals surface area (Å²) in [5.74, 6) is 2.04. The number of aliphatic hydroxyl groups excluding tert-OH is 1. The lowest BCUT2D eigenvalue weighted by Gasteiger charge is -2.15. The Morgan fingerprint density at radius 2 is 1.54 bits per heavy atom. The lowest BCUT2D eigenvalue weighted by Crippen LogP contribution is -2.20. The number of aromatic nitrogens is 3. The standard InChI is InChI=1S/C29H25N3O6S/c1-35-23-9-5-3-7-21(23)27-28(22-8-4-6-10-24(22)36-2)31-32-29(30-27)39-17-19(33)16-37-20-13-11-18-12-14-26(34)38-25(18)15-20/h3-15,19,33H,16-17H2,1-2H3. The van der Waals surface area contributed by atoms with E-state index in [-0.39, 0.29) is 12.4 Å². The number of hydrogen-bond acceptors (Lipinski definition) is 10. The van der Waals surface area contributed by atoms with Crippen molar-refractivity contribution >= 4 is 22.7 Å². The molecule has 2 aromatic heterocycles. The number of aliphatic hydroxyl groups is 1. The second kappa shape index (κ2) is 12.0. The van der Waals surface area contributed by atoms with E-state index < -0.39 is 11.7 Å². The maximum Gasteiger partial charge on any atom is 0.336 e. The minimum absolute atomic E-state index is 0.0294. The number of benzene rings is 3. The molecule has 10 heteroatoms. The normalized spacial score (nSPS) is 11.8. The van der Waals surface area contributed by atoms with E-state index in [0.29, 0.717) is 39.4 Å². The van der Waals surface area contributed by atoms with Crippen LogP contribution in [0.25, 0.3) is 33.5 Å². The van der Waals surface area contributed by atoms with Crippen molar-refractivity contribution in [2.75, 3.05) is 26.6 Å². The molecular weight excluding hydrogens is 518 g/mol. The van der Waals surface area contributed by atoms with Gasteiger partial charge in [0.25, 0.3) is 0 Å². The second-order valence-corrected chi connectivity index (χ2v) is 9.41. The molecule has 0 aliphatic heterocycles. The van der Waals surface area contributed by atoms with Gasteiger partial charge in [0.15, 0.2) is 0 Å². The second-order valence-electron chi connectivity index (χ2n) is 8.42. The maximum atomic E-state index is 11.5. The monoisotopic (exact) mass is 543 g/mol. The van der Waals surface area contributed by atoms with Gasteiger partial charge in [0, 0.05) is 34.4 Å². The summed E-state index contributed by atoms with van der Waals surface area (Å²) in [6.45, 7) is 0.0294. The smallest absolute Gasteiger partial charge is 0.336 e. The van der Waals surface area contributed by atoms with Crippen molar-refractivity contribution in [3.05, 3.63) is 89.3 Å². The Morgan fingerprint density at radius 1 is 0.872 bits per heavy atom. The molecule has 198 valence electrons. The summed E-state index contributed by atoms with van der Waals surface area (Å²) < 4.78 is 22.0. The van der Waals surface area contributed by atoms with Gasteiger partial charge in [0.05, 0.1) is 20.3 Å². The molecular formula is C29H25N3O6S. The molecule has 5 aromatic rings. The summed E-state index contributed by atoms with van der Waals surface area (Å²) in [7, 11) is 3.20. The van der Waals surface area contributed by atoms with Crippen LogP contribution in [0.5, 0.6) is 17.2 Å². The largest absolute Gasteiger partial charge is 0.496 e. The predicted octanol–water partition coefficient (Wildman–Crippen LogP) is 4.86. The van der Waals surface area contributed by atoms with Gasteiger partial charge in [-0.2, -0.15) is 0 Å². The summed E-state index contributed by atoms with van der Waals surface area (Å²) in [5.41, 5.74) is 2.61. The van der Waals surface area contributed by atoms with Crippen LogP contribution < -0.4 is 19.8 Å². The molecule has 5 rings (SSSR count). The molecule has 0 radical (unpaired) electrons. The van der Waals surface area contributed by atoms with Gasteiger partial charge in [-0.25, -0.2) is 9.78 Å². The van der Waals surface area contributed by atoms with E-state index >= 15 is 0 Å². The number of methoxy groups -OCH3 is 2. The summed E-state index contributed by atoms with van der Waals surface area (Å²) >= 11 is 1.26. The number of nitrogens with zero attached hydrogens (tertiary/aromatic N) is 3. The fraction of sp³-hybridized carbons (Fsp3) is 0.172. The molecule has 0 spiro atoms. The Hall–Kier alpha value is -4.41. The van der Waals surface area contributed by atoms with Crippen molar-refractivity contribution in [3.63, 3.8) is 0 Å². The van der Waals surface area contributed by atoms with Crippen molar-refractivity contribution in [2.45, 2.75) is 11.3 Å². The molecule has 0 aliphatic carbocycles. The Morgan fingerprint density at radius 3 is 2.26 bits per heavy atom. The fourth-order valence-corrected chi connectivity index (χ4v) is 4.66. The molecule has 0 aliphatic rings. The Labute approximate surface area is 228 Å². The fourth-order valence-electron chi connectivity index (χ4n) is 3.96. The molecule has 2 heterocycles. The van der Waals surface area contributed by atoms with E-state index in [4.69, 9.17) is 23.6 Å². The van der Waals surface area contributed by atoms with Crippen LogP contribution in [0.1, 0.15) is 0 Å². The zero-order valence-electron chi connectivity index (χ0n) is 21.2. The lowest BCUT2D eigenvalue weighted by atomic mass is 10.0. The topological polar surface area (TPSA) is 117 Å². The average molecular weight is 544 g/mol. The first-order valence-corrected chi connectivity index (χ1v) is 13.0. The quantitative estimate of drug-likeness (QED) is 0.193. The molecule has 1 atom stereocenters. The Kier molecular flexibility index (Phi) is 8.04. The highest BCUT2D eigenvalue weighted by atomic mass is 32.2. The molecule has 1 N–H and O–H groups in total. The lowest BCUT2D eigenvalue weighted by molar-refractivity contribution is 0.126. The van der Waals surface area contributed by atoms with Crippen LogP contribution in [0.4, 0.5) is 0 Å². The zero-order chi connectivity index (χ0) is 27.2. The number of para-hydroxylation sites is 2. The molecule has 39 heavy (non-hydrogen) atoms. The number of ether oxygens (including phenoxy) is 3. The van der Waals surface area contributed by atoms with Crippen LogP contribution in [0.2, 0.25) is 0 Å². The number of hydrogen-bond donors (Lipinski definition) is 1. The summed E-state index contributed by atoms with van der Waals surface area (Å²) in [6.07, 6.45) is -0.819. The summed E-state index contributed by atoms with van der Waals surface area (Å²) in [4.78, 5) is 16.3. The van der Waals surface area contributed by atoms with Crippen LogP contribution in [-0.2, 0) is 0 Å². The molecule has 0 bridgehead atoms. The van der Waals surface area contributed by atoms with Gasteiger partial charge in [0.1, 0.15) is 40.8 Å². The molecule has 0 fully saturated rings. The van der Waals surface area contributed by atoms with Crippen LogP contribution in [-0.4, -0.2) is 53.0 Å². The van der Waals surface area contributed by atoms with Crippen molar-refractivity contribution in [2.24, 2.45) is 0 Å². The number of thioether (sulfide) groups is 1. The van der Waals surface area contributed by atoms with Gasteiger partial charge in [-0.05, 0) is 42.5 Å². The molecule has 0 saturated carbocycles. The van der Waals surface area contributed by atoms with Crippen LogP contribution in [0, 0.1) is 0 Å². The predicted molar refractivity (Wildman–Crippen MR) is 149 cm³/mol. The van der Waals surface area contributed by atoms with Gasteiger partial charge in [-0.1, -0.05) is 36.0 Å². The van der Waals surface area contributed by atoms with E-state index in [1.807, 2.05) is 48.5 Å². The average Bonchev–Trinajstić information content (AvgIpc) is 2.98. The first-order chi connectivity index (χ1) is 19.1. The van der Waals surface area contributed by atoms with Crippen molar-refractivity contribution in [1.29, 1.82) is 0 Å². The third-order valence-corrected chi connectivity index (χ3v) is 6.82. The first kappa shape index (κ1) is 26.2. The van der Waals surface area contributed by atoms with Crippen molar-refractivity contribution in [3.8, 4) is 39.8 Å². The third-order valence-electron chi connectivity index (χ3n) is 5.83. The van der Waals surface area contributed by atoms with Crippen LogP contribution in [0.3, 0.4) is 0 Å². The van der Waals surface area contributed by atoms with E-state index in [1.165, 1.54) is 17.8 Å². The van der Waals surface area contributed by atoms with Gasteiger partial charge in [0.2, 0.25) is 5.16 Å². The molecule has 3 aromatic carbocycles. The maximum absolute atomic E-state index is 11.5. The highest BCUT2D eigenvalue weighted by Crippen LogP contribution is 2.38. The molecule has 9 nitrogen and oxygen atoms in total. The summed E-state index contributed by atoms with van der Waals surface area (Å²) in [6, 6.07) is 23.3. The van der Waals surface area contributed by atoms with E-state index in [9.17, 15) is 9.90 Å². The number of fused-ring (bicyclic) bond motifs is 1. The van der Waals surface area contributed by atoms with Crippen LogP contribution in [0.15, 0.2) is 93.2 Å². The highest BCUT2D eigenvalue weighted by Gasteiger charge is 2.20. The Balaban J connectivity index is 1.35. The third kappa shape index (κ3) is 6.02.